The van der Waals surface area contributed by atoms with Gasteiger partial charge in [0.05, 0.1) is 17.9 Å². The molecule has 4 rings (SSSR count). The molecule has 1 aromatic rings. The molecule has 1 aliphatic heterocycles. The van der Waals surface area contributed by atoms with E-state index in [1.54, 1.807) is 0 Å². The third kappa shape index (κ3) is 3.20. The van der Waals surface area contributed by atoms with Gasteiger partial charge in [0.2, 0.25) is 17.7 Å². The minimum atomic E-state index is -0.272. The molecule has 0 unspecified atom stereocenters. The van der Waals surface area contributed by atoms with Crippen LogP contribution in [0.3, 0.4) is 0 Å². The molecular weight excluding hydrogens is 340 g/mol. The molecule has 0 spiro atoms. The van der Waals surface area contributed by atoms with Crippen LogP contribution in [-0.2, 0) is 14.4 Å². The Balaban J connectivity index is 1.44. The largest absolute Gasteiger partial charge is 0.348 e. The SMILES string of the molecule is CC(C)C[C@H](NC(=O)CN1C(=O)[C@@H]2[C@@H](C1=O)[C@H]1C=C[C@H]2C1)c1ccccc1. The van der Waals surface area contributed by atoms with Gasteiger partial charge in [0, 0.05) is 0 Å². The number of allylic oxidation sites excluding steroid dienone is 2. The van der Waals surface area contributed by atoms with E-state index in [1.807, 2.05) is 30.3 Å². The molecule has 27 heavy (non-hydrogen) atoms. The summed E-state index contributed by atoms with van der Waals surface area (Å²) in [4.78, 5) is 39.4. The smallest absolute Gasteiger partial charge is 0.240 e. The molecule has 142 valence electrons. The highest BCUT2D eigenvalue weighted by atomic mass is 16.2. The van der Waals surface area contributed by atoms with Gasteiger partial charge in [-0.15, -0.1) is 0 Å². The van der Waals surface area contributed by atoms with Crippen LogP contribution in [0.1, 0.15) is 38.3 Å². The first-order valence-corrected chi connectivity index (χ1v) is 9.83. The van der Waals surface area contributed by atoms with Crippen LogP contribution in [0.15, 0.2) is 42.5 Å². The van der Waals surface area contributed by atoms with Crippen molar-refractivity contribution in [1.82, 2.24) is 10.2 Å². The molecule has 1 heterocycles. The predicted molar refractivity (Wildman–Crippen MR) is 101 cm³/mol. The molecule has 1 aromatic carbocycles. The fourth-order valence-corrected chi connectivity index (χ4v) is 4.94. The van der Waals surface area contributed by atoms with Gasteiger partial charge in [-0.25, -0.2) is 0 Å². The lowest BCUT2D eigenvalue weighted by molar-refractivity contribution is -0.144. The van der Waals surface area contributed by atoms with E-state index >= 15 is 0 Å². The van der Waals surface area contributed by atoms with Crippen molar-refractivity contribution in [3.8, 4) is 0 Å². The first-order valence-electron chi connectivity index (χ1n) is 9.83. The maximum Gasteiger partial charge on any atom is 0.240 e. The second-order valence-corrected chi connectivity index (χ2v) is 8.42. The number of hydrogen-bond acceptors (Lipinski definition) is 3. The second kappa shape index (κ2) is 6.95. The molecule has 1 saturated carbocycles. The number of nitrogens with one attached hydrogen (secondary N) is 1. The van der Waals surface area contributed by atoms with Crippen LogP contribution >= 0.6 is 0 Å². The van der Waals surface area contributed by atoms with Crippen molar-refractivity contribution in [3.63, 3.8) is 0 Å². The topological polar surface area (TPSA) is 66.5 Å². The van der Waals surface area contributed by atoms with Crippen LogP contribution in [0.4, 0.5) is 0 Å². The van der Waals surface area contributed by atoms with Gasteiger partial charge in [0.25, 0.3) is 0 Å². The van der Waals surface area contributed by atoms with Gasteiger partial charge >= 0.3 is 0 Å². The van der Waals surface area contributed by atoms with Crippen molar-refractivity contribution >= 4 is 17.7 Å². The predicted octanol–water partition coefficient (Wildman–Crippen LogP) is 2.70. The summed E-state index contributed by atoms with van der Waals surface area (Å²) >= 11 is 0. The van der Waals surface area contributed by atoms with E-state index < -0.39 is 0 Å². The van der Waals surface area contributed by atoms with Crippen LogP contribution in [-0.4, -0.2) is 29.2 Å². The zero-order valence-electron chi connectivity index (χ0n) is 15.8. The van der Waals surface area contributed by atoms with Crippen molar-refractivity contribution < 1.29 is 14.4 Å². The molecule has 5 heteroatoms. The normalized spacial score (nSPS) is 29.5. The van der Waals surface area contributed by atoms with Gasteiger partial charge in [-0.2, -0.15) is 0 Å². The highest BCUT2D eigenvalue weighted by Gasteiger charge is 2.59. The number of imide groups is 1. The number of carbonyl (C=O) groups excluding carboxylic acids is 3. The van der Waals surface area contributed by atoms with Crippen molar-refractivity contribution in [3.05, 3.63) is 48.0 Å². The Morgan fingerprint density at radius 1 is 1.07 bits per heavy atom. The minimum Gasteiger partial charge on any atom is -0.348 e. The van der Waals surface area contributed by atoms with Gasteiger partial charge in [-0.05, 0) is 36.2 Å². The molecule has 5 atom stereocenters. The van der Waals surface area contributed by atoms with Crippen molar-refractivity contribution in [2.75, 3.05) is 6.54 Å². The minimum absolute atomic E-state index is 0.121. The van der Waals surface area contributed by atoms with E-state index in [4.69, 9.17) is 0 Å². The average Bonchev–Trinajstić information content (AvgIpc) is 3.32. The Hall–Kier alpha value is -2.43. The van der Waals surface area contributed by atoms with Crippen LogP contribution < -0.4 is 5.32 Å². The maximum absolute atomic E-state index is 12.7. The van der Waals surface area contributed by atoms with E-state index in [-0.39, 0.29) is 54.0 Å². The van der Waals surface area contributed by atoms with Crippen molar-refractivity contribution in [2.24, 2.45) is 29.6 Å². The van der Waals surface area contributed by atoms with Gasteiger partial charge in [-0.1, -0.05) is 56.3 Å². The first kappa shape index (κ1) is 18.0. The number of amides is 3. The molecular formula is C22H26N2O3. The third-order valence-corrected chi connectivity index (χ3v) is 6.11. The molecule has 2 aliphatic carbocycles. The maximum atomic E-state index is 12.7. The van der Waals surface area contributed by atoms with Gasteiger partial charge in [0.1, 0.15) is 6.54 Å². The molecule has 5 nitrogen and oxygen atoms in total. The van der Waals surface area contributed by atoms with Crippen molar-refractivity contribution in [2.45, 2.75) is 32.7 Å². The molecule has 3 aliphatic rings. The Labute approximate surface area is 159 Å². The quantitative estimate of drug-likeness (QED) is 0.622. The van der Waals surface area contributed by atoms with Crippen LogP contribution in [0.2, 0.25) is 0 Å². The summed E-state index contributed by atoms with van der Waals surface area (Å²) in [5.41, 5.74) is 1.04. The number of benzene rings is 1. The van der Waals surface area contributed by atoms with E-state index in [9.17, 15) is 14.4 Å². The van der Waals surface area contributed by atoms with E-state index in [1.165, 1.54) is 4.90 Å². The summed E-state index contributed by atoms with van der Waals surface area (Å²) in [6.45, 7) is 4.05. The van der Waals surface area contributed by atoms with E-state index in [0.29, 0.717) is 5.92 Å². The van der Waals surface area contributed by atoms with Crippen LogP contribution in [0.5, 0.6) is 0 Å². The fraction of sp³-hybridized carbons (Fsp3) is 0.500. The molecule has 2 fully saturated rings. The summed E-state index contributed by atoms with van der Waals surface area (Å²) in [5.74, 6) is -0.362. The van der Waals surface area contributed by atoms with Crippen LogP contribution in [0, 0.1) is 29.6 Å². The summed E-state index contributed by atoms with van der Waals surface area (Å²) in [5, 5.41) is 3.04. The number of hydrogen-bond donors (Lipinski definition) is 1. The third-order valence-electron chi connectivity index (χ3n) is 6.11. The van der Waals surface area contributed by atoms with E-state index in [2.05, 4.69) is 31.3 Å². The van der Waals surface area contributed by atoms with E-state index in [0.717, 1.165) is 18.4 Å². The molecule has 1 N–H and O–H groups in total. The highest BCUT2D eigenvalue weighted by Crippen LogP contribution is 2.52. The average molecular weight is 366 g/mol. The zero-order valence-corrected chi connectivity index (χ0v) is 15.8. The lowest BCUT2D eigenvalue weighted by Gasteiger charge is -2.23. The summed E-state index contributed by atoms with van der Waals surface area (Å²) in [6, 6.07) is 9.71. The van der Waals surface area contributed by atoms with Crippen LogP contribution in [0.25, 0.3) is 0 Å². The number of rotatable bonds is 6. The summed E-state index contributed by atoms with van der Waals surface area (Å²) < 4.78 is 0. The standard InChI is InChI=1S/C22H26N2O3/c1-13(2)10-17(14-6-4-3-5-7-14)23-18(25)12-24-21(26)19-15-8-9-16(11-15)20(19)22(24)27/h3-9,13,15-17,19-20H,10-12H2,1-2H3,(H,23,25)/t15-,16-,17-,19-,20-/m0/s1. The zero-order chi connectivity index (χ0) is 19.1. The molecule has 1 saturated heterocycles. The molecule has 2 bridgehead atoms. The summed E-state index contributed by atoms with van der Waals surface area (Å²) in [6.07, 6.45) is 5.83. The molecule has 0 radical (unpaired) electrons. The lowest BCUT2D eigenvalue weighted by atomic mass is 9.85. The number of fused-ring (bicyclic) bond motifs is 5. The second-order valence-electron chi connectivity index (χ2n) is 8.42. The number of likely N-dealkylation sites (tertiary alicyclic amines) is 1. The van der Waals surface area contributed by atoms with Gasteiger partial charge in [0.15, 0.2) is 0 Å². The molecule has 0 aromatic heterocycles. The van der Waals surface area contributed by atoms with Gasteiger partial charge in [-0.3, -0.25) is 19.3 Å². The fourth-order valence-electron chi connectivity index (χ4n) is 4.94. The Morgan fingerprint density at radius 2 is 1.67 bits per heavy atom. The number of nitrogens with zero attached hydrogens (tertiary/aromatic N) is 1. The summed E-state index contributed by atoms with van der Waals surface area (Å²) in [7, 11) is 0. The Kier molecular flexibility index (Phi) is 4.62. The molecule has 3 amide bonds. The van der Waals surface area contributed by atoms with Gasteiger partial charge < -0.3 is 5.32 Å². The number of carbonyl (C=O) groups is 3. The monoisotopic (exact) mass is 366 g/mol. The Bertz CT molecular complexity index is 756. The van der Waals surface area contributed by atoms with Crippen molar-refractivity contribution in [1.29, 1.82) is 0 Å². The first-order chi connectivity index (χ1) is 13.0. The Morgan fingerprint density at radius 3 is 2.22 bits per heavy atom. The lowest BCUT2D eigenvalue weighted by Crippen LogP contribution is -2.43. The highest BCUT2D eigenvalue weighted by molar-refractivity contribution is 6.08.